The maximum absolute atomic E-state index is 12.3. The van der Waals surface area contributed by atoms with Gasteiger partial charge < -0.3 is 14.7 Å². The van der Waals surface area contributed by atoms with Crippen molar-refractivity contribution >= 4 is 17.5 Å². The molecular weight excluding hydrogens is 320 g/mol. The second-order valence-corrected chi connectivity index (χ2v) is 5.74. The Morgan fingerprint density at radius 3 is 2.68 bits per heavy atom. The maximum Gasteiger partial charge on any atom is 0.277 e. The predicted octanol–water partition coefficient (Wildman–Crippen LogP) is 2.38. The van der Waals surface area contributed by atoms with Crippen LogP contribution in [0.3, 0.4) is 0 Å². The Kier molecular flexibility index (Phi) is 4.07. The van der Waals surface area contributed by atoms with E-state index in [0.29, 0.717) is 17.4 Å². The van der Waals surface area contributed by atoms with Gasteiger partial charge in [0.05, 0.1) is 18.1 Å². The van der Waals surface area contributed by atoms with Crippen molar-refractivity contribution < 1.29 is 9.32 Å². The Hall–Kier alpha value is -3.29. The molecule has 1 aliphatic heterocycles. The molecule has 0 bridgehead atoms. The number of aromatic nitrogens is 4. The molecule has 25 heavy (non-hydrogen) atoms. The monoisotopic (exact) mass is 336 g/mol. The van der Waals surface area contributed by atoms with Crippen molar-refractivity contribution in [3.8, 4) is 11.3 Å². The van der Waals surface area contributed by atoms with Gasteiger partial charge in [-0.1, -0.05) is 5.16 Å². The number of anilines is 2. The van der Waals surface area contributed by atoms with E-state index in [-0.39, 0.29) is 11.6 Å². The van der Waals surface area contributed by atoms with E-state index in [1.165, 1.54) is 0 Å². The SMILES string of the molecule is O=C(Nc1cnc(N2CCCC2)nc1)c1cc(-c2cccnc2)on1. The minimum atomic E-state index is -0.378. The first-order valence-corrected chi connectivity index (χ1v) is 8.05. The Morgan fingerprint density at radius 2 is 1.96 bits per heavy atom. The summed E-state index contributed by atoms with van der Waals surface area (Å²) in [6, 6.07) is 5.20. The molecule has 0 saturated carbocycles. The summed E-state index contributed by atoms with van der Waals surface area (Å²) in [7, 11) is 0. The van der Waals surface area contributed by atoms with Crippen LogP contribution in [-0.2, 0) is 0 Å². The molecule has 3 aromatic rings. The third-order valence-electron chi connectivity index (χ3n) is 3.97. The van der Waals surface area contributed by atoms with Crippen LogP contribution in [-0.4, -0.2) is 39.1 Å². The van der Waals surface area contributed by atoms with Crippen molar-refractivity contribution in [2.75, 3.05) is 23.3 Å². The van der Waals surface area contributed by atoms with Crippen LogP contribution in [0.15, 0.2) is 47.5 Å². The maximum atomic E-state index is 12.3. The standard InChI is InChI=1S/C17H16N6O2/c24-16(14-8-15(25-22-14)12-4-3-5-18-9-12)21-13-10-19-17(20-11-13)23-6-1-2-7-23/h3-5,8-11H,1-2,6-7H2,(H,21,24). The van der Waals surface area contributed by atoms with Crippen molar-refractivity contribution in [3.05, 3.63) is 48.7 Å². The van der Waals surface area contributed by atoms with Crippen LogP contribution in [0.25, 0.3) is 11.3 Å². The molecule has 0 aliphatic carbocycles. The van der Waals surface area contributed by atoms with Gasteiger partial charge in [0.25, 0.3) is 5.91 Å². The average Bonchev–Trinajstić information content (AvgIpc) is 3.35. The fourth-order valence-electron chi connectivity index (χ4n) is 2.69. The minimum absolute atomic E-state index is 0.183. The predicted molar refractivity (Wildman–Crippen MR) is 91.2 cm³/mol. The molecule has 4 heterocycles. The number of nitrogens with one attached hydrogen (secondary N) is 1. The highest BCUT2D eigenvalue weighted by molar-refractivity contribution is 6.03. The lowest BCUT2D eigenvalue weighted by atomic mass is 10.2. The second-order valence-electron chi connectivity index (χ2n) is 5.74. The van der Waals surface area contributed by atoms with Crippen LogP contribution in [0, 0.1) is 0 Å². The number of nitrogens with zero attached hydrogens (tertiary/aromatic N) is 5. The fraction of sp³-hybridized carbons (Fsp3) is 0.235. The van der Waals surface area contributed by atoms with E-state index in [0.717, 1.165) is 31.5 Å². The van der Waals surface area contributed by atoms with Gasteiger partial charge in [0, 0.05) is 37.1 Å². The first kappa shape index (κ1) is 15.3. The van der Waals surface area contributed by atoms with E-state index in [9.17, 15) is 4.79 Å². The minimum Gasteiger partial charge on any atom is -0.355 e. The van der Waals surface area contributed by atoms with E-state index in [1.807, 2.05) is 6.07 Å². The van der Waals surface area contributed by atoms with Crippen LogP contribution in [0.4, 0.5) is 11.6 Å². The van der Waals surface area contributed by atoms with E-state index in [2.05, 4.69) is 30.3 Å². The number of rotatable bonds is 4. The zero-order valence-corrected chi connectivity index (χ0v) is 13.4. The third kappa shape index (κ3) is 3.32. The Bertz CT molecular complexity index is 856. The van der Waals surface area contributed by atoms with Gasteiger partial charge >= 0.3 is 0 Å². The lowest BCUT2D eigenvalue weighted by Crippen LogP contribution is -2.20. The largest absolute Gasteiger partial charge is 0.355 e. The first-order chi connectivity index (χ1) is 12.3. The van der Waals surface area contributed by atoms with Crippen LogP contribution < -0.4 is 10.2 Å². The van der Waals surface area contributed by atoms with Crippen LogP contribution >= 0.6 is 0 Å². The molecule has 0 radical (unpaired) electrons. The number of hydrogen-bond acceptors (Lipinski definition) is 7. The van der Waals surface area contributed by atoms with Gasteiger partial charge in [0.15, 0.2) is 11.5 Å². The van der Waals surface area contributed by atoms with Crippen LogP contribution in [0.5, 0.6) is 0 Å². The molecule has 1 aliphatic rings. The molecule has 3 aromatic heterocycles. The van der Waals surface area contributed by atoms with E-state index < -0.39 is 0 Å². The van der Waals surface area contributed by atoms with E-state index >= 15 is 0 Å². The molecular formula is C17H16N6O2. The molecule has 1 saturated heterocycles. The van der Waals surface area contributed by atoms with Gasteiger partial charge in [0.2, 0.25) is 5.95 Å². The summed E-state index contributed by atoms with van der Waals surface area (Å²) in [5.74, 6) is 0.797. The van der Waals surface area contributed by atoms with Crippen LogP contribution in [0.1, 0.15) is 23.3 Å². The Labute approximate surface area is 143 Å². The molecule has 0 atom stereocenters. The lowest BCUT2D eigenvalue weighted by Gasteiger charge is -2.14. The van der Waals surface area contributed by atoms with Crippen molar-refractivity contribution in [1.29, 1.82) is 0 Å². The first-order valence-electron chi connectivity index (χ1n) is 8.05. The quantitative estimate of drug-likeness (QED) is 0.781. The fourth-order valence-corrected chi connectivity index (χ4v) is 2.69. The highest BCUT2D eigenvalue weighted by Crippen LogP contribution is 2.20. The summed E-state index contributed by atoms with van der Waals surface area (Å²) in [6.45, 7) is 1.95. The molecule has 8 heteroatoms. The van der Waals surface area contributed by atoms with Crippen molar-refractivity contribution in [3.63, 3.8) is 0 Å². The molecule has 1 fully saturated rings. The van der Waals surface area contributed by atoms with Crippen molar-refractivity contribution in [2.24, 2.45) is 0 Å². The third-order valence-corrected chi connectivity index (χ3v) is 3.97. The molecule has 4 rings (SSSR count). The summed E-state index contributed by atoms with van der Waals surface area (Å²) in [4.78, 5) is 27.0. The summed E-state index contributed by atoms with van der Waals surface area (Å²) >= 11 is 0. The Balaban J connectivity index is 1.44. The molecule has 1 N–H and O–H groups in total. The van der Waals surface area contributed by atoms with Gasteiger partial charge in [-0.05, 0) is 25.0 Å². The number of carbonyl (C=O) groups is 1. The molecule has 8 nitrogen and oxygen atoms in total. The van der Waals surface area contributed by atoms with Gasteiger partial charge in [0.1, 0.15) is 0 Å². The number of amides is 1. The van der Waals surface area contributed by atoms with Crippen LogP contribution in [0.2, 0.25) is 0 Å². The summed E-state index contributed by atoms with van der Waals surface area (Å²) in [6.07, 6.45) is 8.83. The zero-order chi connectivity index (χ0) is 17.1. The molecule has 126 valence electrons. The topological polar surface area (TPSA) is 97.0 Å². The van der Waals surface area contributed by atoms with E-state index in [1.54, 1.807) is 36.9 Å². The summed E-state index contributed by atoms with van der Waals surface area (Å²) in [5, 5.41) is 6.53. The molecule has 0 aromatic carbocycles. The van der Waals surface area contributed by atoms with Crippen molar-refractivity contribution in [2.45, 2.75) is 12.8 Å². The summed E-state index contributed by atoms with van der Waals surface area (Å²) in [5.41, 5.74) is 1.45. The molecule has 1 amide bonds. The summed E-state index contributed by atoms with van der Waals surface area (Å²) < 4.78 is 5.21. The van der Waals surface area contributed by atoms with Gasteiger partial charge in [-0.3, -0.25) is 9.78 Å². The second kappa shape index (κ2) is 6.68. The molecule has 0 unspecified atom stereocenters. The highest BCUT2D eigenvalue weighted by atomic mass is 16.5. The normalized spacial score (nSPS) is 13.8. The number of hydrogen-bond donors (Lipinski definition) is 1. The zero-order valence-electron chi connectivity index (χ0n) is 13.4. The Morgan fingerprint density at radius 1 is 1.16 bits per heavy atom. The molecule has 0 spiro atoms. The van der Waals surface area contributed by atoms with E-state index in [4.69, 9.17) is 4.52 Å². The van der Waals surface area contributed by atoms with Crippen molar-refractivity contribution in [1.82, 2.24) is 20.1 Å². The smallest absolute Gasteiger partial charge is 0.277 e. The van der Waals surface area contributed by atoms with Gasteiger partial charge in [-0.15, -0.1) is 0 Å². The van der Waals surface area contributed by atoms with Gasteiger partial charge in [-0.25, -0.2) is 9.97 Å². The average molecular weight is 336 g/mol. The number of pyridine rings is 1. The van der Waals surface area contributed by atoms with Gasteiger partial charge in [-0.2, -0.15) is 0 Å². The number of carbonyl (C=O) groups excluding carboxylic acids is 1. The lowest BCUT2D eigenvalue weighted by molar-refractivity contribution is 0.101. The highest BCUT2D eigenvalue weighted by Gasteiger charge is 2.16.